The summed E-state index contributed by atoms with van der Waals surface area (Å²) in [5, 5.41) is 20.1. The van der Waals surface area contributed by atoms with Crippen molar-refractivity contribution in [1.29, 1.82) is 0 Å². The average Bonchev–Trinajstić information content (AvgIpc) is 3.32. The standard InChI is InChI=1S/C26H26F3N3O5/c1-30-5-7-31(8-6-30)9-10-32-19-4-3-16(36-2)13-17(19)18(25(32)26(27,28)29)14-22-24(35)23-20(34)11-15(33)12-21(23)37-22/h3-4,11-14,33-34H,5-10H2,1-2H3. The number of hydrogen-bond acceptors (Lipinski definition) is 7. The molecular formula is C26H26F3N3O5. The molecule has 2 aromatic carbocycles. The lowest BCUT2D eigenvalue weighted by atomic mass is 10.1. The summed E-state index contributed by atoms with van der Waals surface area (Å²) in [6, 6.07) is 6.77. The van der Waals surface area contributed by atoms with Gasteiger partial charge in [-0.1, -0.05) is 0 Å². The number of aromatic hydroxyl groups is 2. The second kappa shape index (κ2) is 9.31. The Morgan fingerprint density at radius 1 is 1.08 bits per heavy atom. The summed E-state index contributed by atoms with van der Waals surface area (Å²) in [6.07, 6.45) is -3.69. The third-order valence-electron chi connectivity index (χ3n) is 6.83. The van der Waals surface area contributed by atoms with Crippen molar-refractivity contribution in [3.63, 3.8) is 0 Å². The lowest BCUT2D eigenvalue weighted by molar-refractivity contribution is -0.143. The van der Waals surface area contributed by atoms with Crippen LogP contribution in [0.3, 0.4) is 0 Å². The van der Waals surface area contributed by atoms with E-state index in [-0.39, 0.29) is 40.3 Å². The van der Waals surface area contributed by atoms with E-state index in [0.29, 0.717) is 17.8 Å². The minimum absolute atomic E-state index is 0.0915. The van der Waals surface area contributed by atoms with Crippen LogP contribution in [0.25, 0.3) is 17.0 Å². The molecule has 8 nitrogen and oxygen atoms in total. The molecule has 2 aliphatic rings. The molecule has 11 heteroatoms. The monoisotopic (exact) mass is 517 g/mol. The number of allylic oxidation sites excluding steroid dienone is 1. The number of aromatic nitrogens is 1. The fraction of sp³-hybridized carbons (Fsp3) is 0.346. The highest BCUT2D eigenvalue weighted by Crippen LogP contribution is 2.44. The van der Waals surface area contributed by atoms with E-state index in [9.17, 15) is 28.2 Å². The zero-order valence-corrected chi connectivity index (χ0v) is 20.3. The zero-order chi connectivity index (χ0) is 26.5. The topological polar surface area (TPSA) is 87.4 Å². The molecule has 0 radical (unpaired) electrons. The van der Waals surface area contributed by atoms with Crippen LogP contribution in [0.1, 0.15) is 21.6 Å². The van der Waals surface area contributed by atoms with E-state index in [1.54, 1.807) is 12.1 Å². The number of carbonyl (C=O) groups is 1. The van der Waals surface area contributed by atoms with Gasteiger partial charge in [-0.15, -0.1) is 0 Å². The molecule has 5 rings (SSSR count). The number of ether oxygens (including phenoxy) is 2. The molecule has 0 spiro atoms. The second-order valence-corrected chi connectivity index (χ2v) is 9.22. The number of Topliss-reactive ketones (excluding diaryl/α,β-unsaturated/α-hetero) is 1. The Hall–Kier alpha value is -3.70. The predicted octanol–water partition coefficient (Wildman–Crippen LogP) is 3.94. The van der Waals surface area contributed by atoms with E-state index in [4.69, 9.17) is 9.47 Å². The molecule has 1 fully saturated rings. The third-order valence-corrected chi connectivity index (χ3v) is 6.83. The number of phenolic OH excluding ortho intramolecular Hbond substituents is 2. The van der Waals surface area contributed by atoms with Crippen LogP contribution >= 0.6 is 0 Å². The van der Waals surface area contributed by atoms with E-state index >= 15 is 0 Å². The van der Waals surface area contributed by atoms with Crippen molar-refractivity contribution in [2.45, 2.75) is 12.7 Å². The summed E-state index contributed by atoms with van der Waals surface area (Å²) in [5.41, 5.74) is -1.01. The van der Waals surface area contributed by atoms with Gasteiger partial charge in [-0.3, -0.25) is 9.69 Å². The molecule has 37 heavy (non-hydrogen) atoms. The van der Waals surface area contributed by atoms with Gasteiger partial charge >= 0.3 is 6.18 Å². The molecule has 2 aliphatic heterocycles. The van der Waals surface area contributed by atoms with E-state index in [1.165, 1.54) is 17.7 Å². The van der Waals surface area contributed by atoms with Crippen LogP contribution in [-0.4, -0.2) is 77.2 Å². The highest BCUT2D eigenvalue weighted by atomic mass is 19.4. The van der Waals surface area contributed by atoms with Crippen molar-refractivity contribution in [3.8, 4) is 23.0 Å². The van der Waals surface area contributed by atoms with Crippen molar-refractivity contribution in [3.05, 3.63) is 52.9 Å². The van der Waals surface area contributed by atoms with Crippen LogP contribution in [0.4, 0.5) is 13.2 Å². The highest BCUT2D eigenvalue weighted by molar-refractivity contribution is 6.17. The van der Waals surface area contributed by atoms with Gasteiger partial charge in [0.25, 0.3) is 0 Å². The maximum absolute atomic E-state index is 14.6. The van der Waals surface area contributed by atoms with Gasteiger partial charge in [-0.2, -0.15) is 13.2 Å². The van der Waals surface area contributed by atoms with Gasteiger partial charge in [0.15, 0.2) is 5.76 Å². The smallest absolute Gasteiger partial charge is 0.432 e. The second-order valence-electron chi connectivity index (χ2n) is 9.22. The van der Waals surface area contributed by atoms with Crippen LogP contribution in [0.15, 0.2) is 36.1 Å². The maximum atomic E-state index is 14.6. The Bertz CT molecular complexity index is 1400. The number of rotatable bonds is 5. The summed E-state index contributed by atoms with van der Waals surface area (Å²) < 4.78 is 55.8. The Balaban J connectivity index is 1.63. The molecule has 0 aliphatic carbocycles. The van der Waals surface area contributed by atoms with Crippen LogP contribution in [0.5, 0.6) is 23.0 Å². The third kappa shape index (κ3) is 4.60. The summed E-state index contributed by atoms with van der Waals surface area (Å²) >= 11 is 0. The van der Waals surface area contributed by atoms with E-state index < -0.39 is 23.4 Å². The van der Waals surface area contributed by atoms with E-state index in [0.717, 1.165) is 44.4 Å². The lowest BCUT2D eigenvalue weighted by Gasteiger charge is -2.32. The maximum Gasteiger partial charge on any atom is 0.432 e. The van der Waals surface area contributed by atoms with Gasteiger partial charge in [0, 0.05) is 67.9 Å². The first-order chi connectivity index (χ1) is 17.6. The molecule has 0 amide bonds. The van der Waals surface area contributed by atoms with E-state index in [1.807, 2.05) is 7.05 Å². The Labute approximate surface area is 210 Å². The van der Waals surface area contributed by atoms with Gasteiger partial charge in [-0.25, -0.2) is 0 Å². The molecule has 0 saturated carbocycles. The van der Waals surface area contributed by atoms with Gasteiger partial charge < -0.3 is 29.2 Å². The first-order valence-electron chi connectivity index (χ1n) is 11.8. The number of ketones is 1. The summed E-state index contributed by atoms with van der Waals surface area (Å²) in [5.74, 6) is -1.79. The normalized spacial score (nSPS) is 18.0. The van der Waals surface area contributed by atoms with Gasteiger partial charge in [0.05, 0.1) is 7.11 Å². The fourth-order valence-corrected chi connectivity index (χ4v) is 4.89. The number of hydrogen-bond donors (Lipinski definition) is 2. The Morgan fingerprint density at radius 3 is 2.49 bits per heavy atom. The van der Waals surface area contributed by atoms with Crippen LogP contribution in [0.2, 0.25) is 0 Å². The lowest BCUT2D eigenvalue weighted by Crippen LogP contribution is -2.45. The van der Waals surface area contributed by atoms with Crippen molar-refractivity contribution in [2.24, 2.45) is 0 Å². The van der Waals surface area contributed by atoms with Crippen molar-refractivity contribution in [1.82, 2.24) is 14.4 Å². The van der Waals surface area contributed by atoms with Crippen LogP contribution in [-0.2, 0) is 12.7 Å². The molecule has 0 atom stereocenters. The minimum atomic E-state index is -4.74. The molecule has 0 unspecified atom stereocenters. The fourth-order valence-electron chi connectivity index (χ4n) is 4.89. The largest absolute Gasteiger partial charge is 0.508 e. The van der Waals surface area contributed by atoms with E-state index in [2.05, 4.69) is 9.80 Å². The Kier molecular flexibility index (Phi) is 6.28. The molecule has 0 bridgehead atoms. The minimum Gasteiger partial charge on any atom is -0.508 e. The number of benzene rings is 2. The van der Waals surface area contributed by atoms with Gasteiger partial charge in [0.2, 0.25) is 5.78 Å². The first-order valence-corrected chi connectivity index (χ1v) is 11.8. The van der Waals surface area contributed by atoms with Crippen LogP contribution in [0, 0.1) is 0 Å². The quantitative estimate of drug-likeness (QED) is 0.496. The van der Waals surface area contributed by atoms with Crippen molar-refractivity contribution in [2.75, 3.05) is 46.9 Å². The molecule has 3 aromatic rings. The number of halogens is 3. The highest BCUT2D eigenvalue weighted by Gasteiger charge is 2.40. The molecule has 196 valence electrons. The summed E-state index contributed by atoms with van der Waals surface area (Å²) in [7, 11) is 3.43. The van der Waals surface area contributed by atoms with Gasteiger partial charge in [0.1, 0.15) is 34.3 Å². The number of phenols is 2. The van der Waals surface area contributed by atoms with Crippen LogP contribution < -0.4 is 9.47 Å². The molecule has 1 aromatic heterocycles. The zero-order valence-electron chi connectivity index (χ0n) is 20.3. The number of fused-ring (bicyclic) bond motifs is 2. The number of nitrogens with zero attached hydrogens (tertiary/aromatic N) is 3. The number of carbonyl (C=O) groups excluding carboxylic acids is 1. The van der Waals surface area contributed by atoms with Gasteiger partial charge in [-0.05, 0) is 31.3 Å². The SMILES string of the molecule is COc1ccc2c(c1)c(C=C1Oc3cc(O)cc(O)c3C1=O)c(C(F)(F)F)n2CCN1CCN(C)CC1. The predicted molar refractivity (Wildman–Crippen MR) is 130 cm³/mol. The molecule has 1 saturated heterocycles. The molecular weight excluding hydrogens is 491 g/mol. The van der Waals surface area contributed by atoms with Crippen molar-refractivity contribution >= 4 is 22.8 Å². The first kappa shape index (κ1) is 25.0. The number of alkyl halides is 3. The average molecular weight is 518 g/mol. The number of likely N-dealkylation sites (N-methyl/N-ethyl adjacent to an activating group) is 1. The molecule has 2 N–H and O–H groups in total. The Morgan fingerprint density at radius 2 is 1.81 bits per heavy atom. The number of piperazine rings is 1. The summed E-state index contributed by atoms with van der Waals surface area (Å²) in [4.78, 5) is 17.3. The number of methoxy groups -OCH3 is 1. The summed E-state index contributed by atoms with van der Waals surface area (Å²) in [6.45, 7) is 3.73. The molecule has 3 heterocycles. The van der Waals surface area contributed by atoms with Crippen molar-refractivity contribution < 1.29 is 37.7 Å².